The Kier molecular flexibility index (Phi) is 4.39. The van der Waals surface area contributed by atoms with Gasteiger partial charge >= 0.3 is 0 Å². The largest absolute Gasteiger partial charge is 0.313 e. The molecule has 1 N–H and O–H groups in total. The Morgan fingerprint density at radius 2 is 1.47 bits per heavy atom. The molecule has 100 valence electrons. The van der Waals surface area contributed by atoms with Gasteiger partial charge in [-0.2, -0.15) is 0 Å². The standard InChI is InChI=1S/C18H23N/c1-5-18(19-4)16-8-6-15(7-9-16)17-11-13(2)10-14(3)12-17/h6-12,18-19H,5H2,1-4H3. The average Bonchev–Trinajstić information content (AvgIpc) is 2.40. The van der Waals surface area contributed by atoms with Crippen LogP contribution in [0, 0.1) is 13.8 Å². The highest BCUT2D eigenvalue weighted by molar-refractivity contribution is 5.65. The minimum Gasteiger partial charge on any atom is -0.313 e. The molecule has 0 amide bonds. The third-order valence-electron chi connectivity index (χ3n) is 3.62. The highest BCUT2D eigenvalue weighted by Crippen LogP contribution is 2.25. The van der Waals surface area contributed by atoms with Crippen molar-refractivity contribution < 1.29 is 0 Å². The first-order chi connectivity index (χ1) is 9.13. The maximum atomic E-state index is 3.35. The molecule has 2 rings (SSSR count). The van der Waals surface area contributed by atoms with E-state index in [1.54, 1.807) is 0 Å². The summed E-state index contributed by atoms with van der Waals surface area (Å²) >= 11 is 0. The second-order valence-corrected chi connectivity index (χ2v) is 5.25. The predicted molar refractivity (Wildman–Crippen MR) is 83.4 cm³/mol. The van der Waals surface area contributed by atoms with Crippen molar-refractivity contribution in [3.63, 3.8) is 0 Å². The molecule has 0 aliphatic rings. The minimum atomic E-state index is 0.452. The van der Waals surface area contributed by atoms with Crippen LogP contribution in [0.25, 0.3) is 11.1 Å². The van der Waals surface area contributed by atoms with Crippen LogP contribution in [0.4, 0.5) is 0 Å². The fraction of sp³-hybridized carbons (Fsp3) is 0.333. The Bertz CT molecular complexity index is 516. The van der Waals surface area contributed by atoms with Gasteiger partial charge in [0.05, 0.1) is 0 Å². The van der Waals surface area contributed by atoms with Gasteiger partial charge in [0.2, 0.25) is 0 Å². The first-order valence-electron chi connectivity index (χ1n) is 7.00. The third kappa shape index (κ3) is 3.24. The number of hydrogen-bond donors (Lipinski definition) is 1. The first kappa shape index (κ1) is 13.8. The number of nitrogens with one attached hydrogen (secondary N) is 1. The van der Waals surface area contributed by atoms with Crippen molar-refractivity contribution in [1.82, 2.24) is 5.32 Å². The number of hydrogen-bond acceptors (Lipinski definition) is 1. The SMILES string of the molecule is CCC(NC)c1ccc(-c2cc(C)cc(C)c2)cc1. The van der Waals surface area contributed by atoms with Crippen LogP contribution in [-0.2, 0) is 0 Å². The molecule has 0 saturated heterocycles. The molecule has 0 heterocycles. The van der Waals surface area contributed by atoms with Gasteiger partial charge in [-0.15, -0.1) is 0 Å². The molecule has 0 saturated carbocycles. The summed E-state index contributed by atoms with van der Waals surface area (Å²) in [5.74, 6) is 0. The monoisotopic (exact) mass is 253 g/mol. The Morgan fingerprint density at radius 1 is 0.895 bits per heavy atom. The molecule has 0 fully saturated rings. The molecule has 1 nitrogen and oxygen atoms in total. The van der Waals surface area contributed by atoms with Gasteiger partial charge in [0.1, 0.15) is 0 Å². The molecule has 1 unspecified atom stereocenters. The smallest absolute Gasteiger partial charge is 0.0314 e. The highest BCUT2D eigenvalue weighted by Gasteiger charge is 2.06. The van der Waals surface area contributed by atoms with E-state index >= 15 is 0 Å². The Balaban J connectivity index is 2.32. The first-order valence-corrected chi connectivity index (χ1v) is 7.00. The summed E-state index contributed by atoms with van der Waals surface area (Å²) in [7, 11) is 2.02. The van der Waals surface area contributed by atoms with Crippen LogP contribution in [-0.4, -0.2) is 7.05 Å². The van der Waals surface area contributed by atoms with Crippen molar-refractivity contribution in [1.29, 1.82) is 0 Å². The lowest BCUT2D eigenvalue weighted by molar-refractivity contribution is 0.577. The molecule has 0 aliphatic carbocycles. The van der Waals surface area contributed by atoms with E-state index in [4.69, 9.17) is 0 Å². The van der Waals surface area contributed by atoms with E-state index in [-0.39, 0.29) is 0 Å². The fourth-order valence-electron chi connectivity index (χ4n) is 2.66. The Morgan fingerprint density at radius 3 is 1.95 bits per heavy atom. The maximum absolute atomic E-state index is 3.35. The lowest BCUT2D eigenvalue weighted by Gasteiger charge is -2.15. The summed E-state index contributed by atoms with van der Waals surface area (Å²) in [5.41, 5.74) is 6.60. The molecule has 1 atom stereocenters. The van der Waals surface area contributed by atoms with E-state index in [2.05, 4.69) is 68.6 Å². The van der Waals surface area contributed by atoms with Crippen molar-refractivity contribution in [2.75, 3.05) is 7.05 Å². The zero-order chi connectivity index (χ0) is 13.8. The molecule has 1 heteroatoms. The summed E-state index contributed by atoms with van der Waals surface area (Å²) in [6, 6.07) is 16.1. The molecule has 19 heavy (non-hydrogen) atoms. The second-order valence-electron chi connectivity index (χ2n) is 5.25. The van der Waals surface area contributed by atoms with Gasteiger partial charge in [0.25, 0.3) is 0 Å². The van der Waals surface area contributed by atoms with E-state index in [0.29, 0.717) is 6.04 Å². The normalized spacial score (nSPS) is 12.4. The molecule has 0 spiro atoms. The van der Waals surface area contributed by atoms with Crippen LogP contribution in [0.15, 0.2) is 42.5 Å². The summed E-state index contributed by atoms with van der Waals surface area (Å²) in [6.07, 6.45) is 1.11. The molecular formula is C18H23N. The summed E-state index contributed by atoms with van der Waals surface area (Å²) in [5, 5.41) is 3.35. The van der Waals surface area contributed by atoms with Gasteiger partial charge in [-0.05, 0) is 44.0 Å². The lowest BCUT2D eigenvalue weighted by Crippen LogP contribution is -2.14. The average molecular weight is 253 g/mol. The molecule has 0 bridgehead atoms. The summed E-state index contributed by atoms with van der Waals surface area (Å²) in [6.45, 7) is 6.51. The van der Waals surface area contributed by atoms with E-state index < -0.39 is 0 Å². The number of benzene rings is 2. The third-order valence-corrected chi connectivity index (χ3v) is 3.62. The van der Waals surface area contributed by atoms with E-state index in [9.17, 15) is 0 Å². The number of rotatable bonds is 4. The van der Waals surface area contributed by atoms with Crippen molar-refractivity contribution >= 4 is 0 Å². The summed E-state index contributed by atoms with van der Waals surface area (Å²) in [4.78, 5) is 0. The number of aryl methyl sites for hydroxylation is 2. The molecular weight excluding hydrogens is 230 g/mol. The van der Waals surface area contributed by atoms with E-state index in [1.165, 1.54) is 27.8 Å². The fourth-order valence-corrected chi connectivity index (χ4v) is 2.66. The highest BCUT2D eigenvalue weighted by atomic mass is 14.9. The second kappa shape index (κ2) is 6.03. The topological polar surface area (TPSA) is 12.0 Å². The Labute approximate surface area is 116 Å². The van der Waals surface area contributed by atoms with Crippen LogP contribution < -0.4 is 5.32 Å². The van der Waals surface area contributed by atoms with Gasteiger partial charge in [-0.25, -0.2) is 0 Å². The van der Waals surface area contributed by atoms with Crippen molar-refractivity contribution in [2.45, 2.75) is 33.2 Å². The molecule has 0 aromatic heterocycles. The quantitative estimate of drug-likeness (QED) is 0.837. The van der Waals surface area contributed by atoms with E-state index in [0.717, 1.165) is 6.42 Å². The van der Waals surface area contributed by atoms with Crippen LogP contribution in [0.2, 0.25) is 0 Å². The molecule has 2 aromatic rings. The van der Waals surface area contributed by atoms with Gasteiger partial charge in [-0.1, -0.05) is 60.5 Å². The zero-order valence-electron chi connectivity index (χ0n) is 12.3. The van der Waals surface area contributed by atoms with Gasteiger partial charge in [0.15, 0.2) is 0 Å². The van der Waals surface area contributed by atoms with Crippen LogP contribution in [0.5, 0.6) is 0 Å². The zero-order valence-corrected chi connectivity index (χ0v) is 12.3. The van der Waals surface area contributed by atoms with Crippen molar-refractivity contribution in [3.8, 4) is 11.1 Å². The van der Waals surface area contributed by atoms with Crippen LogP contribution in [0.1, 0.15) is 36.1 Å². The summed E-state index contributed by atoms with van der Waals surface area (Å²) < 4.78 is 0. The van der Waals surface area contributed by atoms with Crippen molar-refractivity contribution in [2.24, 2.45) is 0 Å². The van der Waals surface area contributed by atoms with E-state index in [1.807, 2.05) is 7.05 Å². The van der Waals surface area contributed by atoms with Crippen molar-refractivity contribution in [3.05, 3.63) is 59.2 Å². The molecule has 0 aliphatic heterocycles. The lowest BCUT2D eigenvalue weighted by atomic mass is 9.97. The predicted octanol–water partition coefficient (Wildman–Crippen LogP) is 4.64. The van der Waals surface area contributed by atoms with Gasteiger partial charge in [0, 0.05) is 6.04 Å². The molecule has 0 radical (unpaired) electrons. The molecule has 2 aromatic carbocycles. The minimum absolute atomic E-state index is 0.452. The van der Waals surface area contributed by atoms with Gasteiger partial charge in [-0.3, -0.25) is 0 Å². The maximum Gasteiger partial charge on any atom is 0.0314 e. The van der Waals surface area contributed by atoms with Crippen LogP contribution in [0.3, 0.4) is 0 Å². The van der Waals surface area contributed by atoms with Gasteiger partial charge < -0.3 is 5.32 Å². The Hall–Kier alpha value is -1.60. The van der Waals surface area contributed by atoms with Crippen LogP contribution >= 0.6 is 0 Å².